The van der Waals surface area contributed by atoms with Crippen LogP contribution in [0.5, 0.6) is 23.0 Å². The molecule has 6 aromatic rings. The van der Waals surface area contributed by atoms with Crippen molar-refractivity contribution in [2.24, 2.45) is 0 Å². The normalized spacial score (nSPS) is 20.9. The molecule has 11 nitrogen and oxygen atoms in total. The first-order valence-corrected chi connectivity index (χ1v) is 20.6. The van der Waals surface area contributed by atoms with Gasteiger partial charge in [-0.15, -0.1) is 0 Å². The number of hydrogen-bond acceptors (Lipinski definition) is 11. The maximum Gasteiger partial charge on any atom is 0.308 e. The molecular weight excluding hydrogens is 768 g/mol. The van der Waals surface area contributed by atoms with Gasteiger partial charge in [0.1, 0.15) is 29.2 Å². The Morgan fingerprint density at radius 1 is 0.633 bits per heavy atom. The first kappa shape index (κ1) is 40.1. The van der Waals surface area contributed by atoms with Crippen LogP contribution in [0.3, 0.4) is 0 Å². The van der Waals surface area contributed by atoms with E-state index in [0.717, 1.165) is 111 Å². The lowest BCUT2D eigenvalue weighted by Gasteiger charge is -2.37. The van der Waals surface area contributed by atoms with Crippen LogP contribution in [0, 0.1) is 0 Å². The van der Waals surface area contributed by atoms with Gasteiger partial charge in [-0.2, -0.15) is 0 Å². The minimum atomic E-state index is -1.08. The lowest BCUT2D eigenvalue weighted by atomic mass is 9.83. The maximum atomic E-state index is 15.8. The minimum Gasteiger partial charge on any atom is -0.496 e. The fourth-order valence-electron chi connectivity index (χ4n) is 10.4. The molecule has 6 aromatic carbocycles. The van der Waals surface area contributed by atoms with Gasteiger partial charge in [0.25, 0.3) is 0 Å². The van der Waals surface area contributed by atoms with E-state index in [4.69, 9.17) is 18.9 Å². The number of carbonyl (C=O) groups is 2. The fraction of sp³-hybridized carbons (Fsp3) is 0.375. The number of halogens is 1. The summed E-state index contributed by atoms with van der Waals surface area (Å²) in [5, 5.41) is 38.3. The molecule has 4 aliphatic heterocycles. The van der Waals surface area contributed by atoms with Gasteiger partial charge in [-0.3, -0.25) is 19.4 Å². The van der Waals surface area contributed by atoms with Gasteiger partial charge < -0.3 is 34.3 Å². The molecule has 0 bridgehead atoms. The highest BCUT2D eigenvalue weighted by Crippen LogP contribution is 2.49. The van der Waals surface area contributed by atoms with Crippen molar-refractivity contribution in [3.63, 3.8) is 0 Å². The van der Waals surface area contributed by atoms with Gasteiger partial charge in [0.05, 0.1) is 33.5 Å². The van der Waals surface area contributed by atoms with Crippen molar-refractivity contribution in [1.82, 2.24) is 9.80 Å². The standard InChI is InChI=1S/C24H24FNO4.C24H25NO5/c1-13(28)30-15-5-6-16-18(9-15)17-8-14(12-27)22(29-2)10-19(17)20-11-26-7-3-4-21(26)24(25)23(16)20;1-13(27)30-15-5-6-16-18(9-15)17-8-14(12-26)22(29-2)10-19(17)20-11-25-7-3-4-21(25)24(28)23(16)20/h5-6,8-10,21,24,27H,3-4,7,11-12H2,1-2H3;5-6,8-10,21,24,26,28H,3-4,7,11-12H2,1-2H3/t21-,24?;21-,24+/m00/s1. The Hall–Kier alpha value is -5.37. The highest BCUT2D eigenvalue weighted by atomic mass is 19.1. The predicted octanol–water partition coefficient (Wildman–Crippen LogP) is 7.84. The van der Waals surface area contributed by atoms with Crippen molar-refractivity contribution in [3.8, 4) is 23.0 Å². The van der Waals surface area contributed by atoms with Crippen LogP contribution in [0.4, 0.5) is 4.39 Å². The summed E-state index contributed by atoms with van der Waals surface area (Å²) in [6, 6.07) is 18.7. The Morgan fingerprint density at radius 2 is 1.08 bits per heavy atom. The van der Waals surface area contributed by atoms with Gasteiger partial charge in [-0.1, -0.05) is 12.1 Å². The Balaban J connectivity index is 0.000000154. The summed E-state index contributed by atoms with van der Waals surface area (Å²) in [7, 11) is 3.17. The molecule has 0 aliphatic carbocycles. The average molecular weight is 817 g/mol. The minimum absolute atomic E-state index is 0.0927. The third kappa shape index (κ3) is 6.71. The second kappa shape index (κ2) is 15.9. The van der Waals surface area contributed by atoms with Crippen LogP contribution in [-0.4, -0.2) is 76.5 Å². The van der Waals surface area contributed by atoms with Crippen molar-refractivity contribution in [2.75, 3.05) is 27.3 Å². The highest BCUT2D eigenvalue weighted by Gasteiger charge is 2.41. The Kier molecular flexibility index (Phi) is 10.6. The Labute approximate surface area is 346 Å². The van der Waals surface area contributed by atoms with Crippen molar-refractivity contribution in [1.29, 1.82) is 0 Å². The van der Waals surface area contributed by atoms with Crippen LogP contribution in [-0.2, 0) is 35.9 Å². The smallest absolute Gasteiger partial charge is 0.308 e. The third-order valence-corrected chi connectivity index (χ3v) is 13.0. The van der Waals surface area contributed by atoms with Crippen LogP contribution < -0.4 is 18.9 Å². The number of aliphatic hydroxyl groups is 3. The molecule has 0 aromatic heterocycles. The lowest BCUT2D eigenvalue weighted by Crippen LogP contribution is -2.39. The van der Waals surface area contributed by atoms with Crippen LogP contribution in [0.25, 0.3) is 43.1 Å². The van der Waals surface area contributed by atoms with Crippen LogP contribution in [0.15, 0.2) is 60.7 Å². The molecule has 4 heterocycles. The monoisotopic (exact) mass is 816 g/mol. The molecule has 0 radical (unpaired) electrons. The molecule has 0 saturated carbocycles. The predicted molar refractivity (Wildman–Crippen MR) is 226 cm³/mol. The largest absolute Gasteiger partial charge is 0.496 e. The quantitative estimate of drug-likeness (QED) is 0.0862. The molecule has 4 atom stereocenters. The number of fused-ring (bicyclic) bond motifs is 14. The summed E-state index contributed by atoms with van der Waals surface area (Å²) in [5.74, 6) is 1.31. The average Bonchev–Trinajstić information content (AvgIpc) is 3.93. The molecule has 4 aliphatic rings. The van der Waals surface area contributed by atoms with E-state index in [1.807, 2.05) is 42.5 Å². The van der Waals surface area contributed by atoms with Gasteiger partial charge in [0, 0.05) is 55.7 Å². The number of methoxy groups -OCH3 is 2. The number of benzene rings is 6. The molecule has 312 valence electrons. The second-order valence-electron chi connectivity index (χ2n) is 16.3. The zero-order valence-electron chi connectivity index (χ0n) is 34.2. The zero-order chi connectivity index (χ0) is 42.0. The molecule has 12 heteroatoms. The molecule has 2 saturated heterocycles. The van der Waals surface area contributed by atoms with E-state index in [-0.39, 0.29) is 31.3 Å². The summed E-state index contributed by atoms with van der Waals surface area (Å²) in [6.45, 7) is 5.79. The Morgan fingerprint density at radius 3 is 1.57 bits per heavy atom. The number of alkyl halides is 1. The molecule has 1 unspecified atom stereocenters. The van der Waals surface area contributed by atoms with E-state index in [9.17, 15) is 24.9 Å². The summed E-state index contributed by atoms with van der Waals surface area (Å²) in [4.78, 5) is 27.6. The van der Waals surface area contributed by atoms with Crippen molar-refractivity contribution in [2.45, 2.75) is 90.2 Å². The second-order valence-corrected chi connectivity index (χ2v) is 16.3. The van der Waals surface area contributed by atoms with Crippen molar-refractivity contribution in [3.05, 3.63) is 94.0 Å². The summed E-state index contributed by atoms with van der Waals surface area (Å²) < 4.78 is 37.5. The number of hydrogen-bond donors (Lipinski definition) is 3. The number of carbonyl (C=O) groups excluding carboxylic acids is 2. The van der Waals surface area contributed by atoms with E-state index in [1.54, 1.807) is 32.4 Å². The number of esters is 2. The first-order chi connectivity index (χ1) is 29.0. The SMILES string of the molecule is COc1cc2c3c(c4ccc(OC(C)=O)cc4c2cc1CO)C(F)[C@@H]1CCCN1C3.COc1cc2c3c(c4ccc(OC(C)=O)cc4c2cc1CO)[C@H](O)[C@@H]1CCCN1C3. The van der Waals surface area contributed by atoms with Gasteiger partial charge in [-0.25, -0.2) is 4.39 Å². The highest BCUT2D eigenvalue weighted by molar-refractivity contribution is 6.13. The molecular formula is C48H49FN2O9. The van der Waals surface area contributed by atoms with E-state index in [2.05, 4.69) is 9.80 Å². The molecule has 0 amide bonds. The van der Waals surface area contributed by atoms with Gasteiger partial charge in [-0.05, 0) is 147 Å². The van der Waals surface area contributed by atoms with Gasteiger partial charge in [0.15, 0.2) is 0 Å². The zero-order valence-corrected chi connectivity index (χ0v) is 34.2. The topological polar surface area (TPSA) is 138 Å². The summed E-state index contributed by atoms with van der Waals surface area (Å²) in [5.41, 5.74) is 5.12. The summed E-state index contributed by atoms with van der Waals surface area (Å²) >= 11 is 0. The van der Waals surface area contributed by atoms with E-state index >= 15 is 4.39 Å². The fourth-order valence-corrected chi connectivity index (χ4v) is 10.4. The van der Waals surface area contributed by atoms with Crippen LogP contribution >= 0.6 is 0 Å². The molecule has 60 heavy (non-hydrogen) atoms. The van der Waals surface area contributed by atoms with Gasteiger partial charge in [0.2, 0.25) is 0 Å². The molecule has 10 rings (SSSR count). The molecule has 2 fully saturated rings. The maximum absolute atomic E-state index is 15.8. The third-order valence-electron chi connectivity index (χ3n) is 13.0. The van der Waals surface area contributed by atoms with Crippen molar-refractivity contribution < 1.29 is 48.2 Å². The molecule has 0 spiro atoms. The van der Waals surface area contributed by atoms with Crippen LogP contribution in [0.2, 0.25) is 0 Å². The Bertz CT molecular complexity index is 2530. The number of rotatable bonds is 6. The number of ether oxygens (including phenoxy) is 4. The number of nitrogens with zero attached hydrogens (tertiary/aromatic N) is 2. The molecule has 3 N–H and O–H groups in total. The van der Waals surface area contributed by atoms with E-state index in [1.165, 1.54) is 13.8 Å². The lowest BCUT2D eigenvalue weighted by molar-refractivity contribution is -0.132. The summed E-state index contributed by atoms with van der Waals surface area (Å²) in [6.07, 6.45) is 2.28. The first-order valence-electron chi connectivity index (χ1n) is 20.6. The number of aliphatic hydroxyl groups excluding tert-OH is 3. The van der Waals surface area contributed by atoms with Crippen LogP contribution in [0.1, 0.15) is 85.2 Å². The van der Waals surface area contributed by atoms with Gasteiger partial charge >= 0.3 is 11.9 Å². The van der Waals surface area contributed by atoms with Crippen molar-refractivity contribution >= 4 is 55.0 Å². The van der Waals surface area contributed by atoms with E-state index in [0.29, 0.717) is 40.7 Å². The van der Waals surface area contributed by atoms with E-state index < -0.39 is 18.2 Å².